The van der Waals surface area contributed by atoms with Crippen molar-refractivity contribution in [3.63, 3.8) is 0 Å². The normalized spacial score (nSPS) is 12.6. The fourth-order valence-corrected chi connectivity index (χ4v) is 1.12. The fourth-order valence-electron chi connectivity index (χ4n) is 1.12. The van der Waals surface area contributed by atoms with Crippen molar-refractivity contribution in [3.8, 4) is 5.75 Å². The molecule has 0 bridgehead atoms. The van der Waals surface area contributed by atoms with Crippen LogP contribution in [0.4, 0.5) is 8.78 Å². The summed E-state index contributed by atoms with van der Waals surface area (Å²) in [5, 5.41) is 0. The lowest BCUT2D eigenvalue weighted by Crippen LogP contribution is -2.13. The van der Waals surface area contributed by atoms with Crippen LogP contribution in [-0.2, 0) is 0 Å². The second-order valence-corrected chi connectivity index (χ2v) is 2.62. The van der Waals surface area contributed by atoms with E-state index in [2.05, 4.69) is 0 Å². The van der Waals surface area contributed by atoms with E-state index in [4.69, 9.17) is 10.5 Å². The lowest BCUT2D eigenvalue weighted by molar-refractivity contribution is 0.367. The summed E-state index contributed by atoms with van der Waals surface area (Å²) in [6, 6.07) is 3.44. The molecule has 0 aliphatic heterocycles. The number of methoxy groups -OCH3 is 1. The molecule has 2 N–H and O–H groups in total. The maximum atomic E-state index is 13.0. The summed E-state index contributed by atoms with van der Waals surface area (Å²) in [6.07, 6.45) is 0. The van der Waals surface area contributed by atoms with Crippen LogP contribution in [0.25, 0.3) is 0 Å². The molecule has 0 fully saturated rings. The maximum Gasteiger partial charge on any atom is 0.165 e. The number of ether oxygens (including phenoxy) is 1. The molecule has 0 radical (unpaired) electrons. The van der Waals surface area contributed by atoms with Crippen LogP contribution in [0, 0.1) is 5.82 Å². The van der Waals surface area contributed by atoms with Crippen LogP contribution < -0.4 is 10.5 Å². The average Bonchev–Trinajstić information content (AvgIpc) is 2.16. The number of para-hydroxylation sites is 1. The van der Waals surface area contributed by atoms with Crippen LogP contribution in [-0.4, -0.2) is 13.8 Å². The van der Waals surface area contributed by atoms with E-state index < -0.39 is 18.5 Å². The molecule has 0 aromatic heterocycles. The molecule has 1 unspecified atom stereocenters. The minimum absolute atomic E-state index is 0.0210. The van der Waals surface area contributed by atoms with E-state index >= 15 is 0 Å². The van der Waals surface area contributed by atoms with E-state index in [0.29, 0.717) is 5.56 Å². The molecule has 4 heteroatoms. The Labute approximate surface area is 75.3 Å². The minimum Gasteiger partial charge on any atom is -0.493 e. The smallest absolute Gasteiger partial charge is 0.165 e. The number of alkyl halides is 1. The predicted molar refractivity (Wildman–Crippen MR) is 45.9 cm³/mol. The molecule has 1 aromatic carbocycles. The van der Waals surface area contributed by atoms with Gasteiger partial charge in [0.1, 0.15) is 6.67 Å². The zero-order valence-electron chi connectivity index (χ0n) is 7.26. The highest BCUT2D eigenvalue weighted by Gasteiger charge is 2.14. The van der Waals surface area contributed by atoms with Crippen LogP contribution in [0.1, 0.15) is 11.6 Å². The summed E-state index contributed by atoms with van der Waals surface area (Å²) in [5.41, 5.74) is 5.77. The van der Waals surface area contributed by atoms with E-state index in [1.807, 2.05) is 0 Å². The highest BCUT2D eigenvalue weighted by molar-refractivity contribution is 5.37. The Kier molecular flexibility index (Phi) is 3.19. The van der Waals surface area contributed by atoms with Crippen molar-refractivity contribution >= 4 is 0 Å². The monoisotopic (exact) mass is 187 g/mol. The zero-order valence-corrected chi connectivity index (χ0v) is 7.26. The van der Waals surface area contributed by atoms with Gasteiger partial charge in [0.2, 0.25) is 0 Å². The molecule has 1 rings (SSSR count). The number of rotatable bonds is 3. The number of hydrogen-bond acceptors (Lipinski definition) is 2. The summed E-state index contributed by atoms with van der Waals surface area (Å²) >= 11 is 0. The third kappa shape index (κ3) is 1.95. The topological polar surface area (TPSA) is 35.2 Å². The third-order valence-electron chi connectivity index (χ3n) is 1.77. The SMILES string of the molecule is COc1c(F)cccc1C(N)CF. The first-order valence-corrected chi connectivity index (χ1v) is 3.84. The Morgan fingerprint density at radius 3 is 2.77 bits per heavy atom. The summed E-state index contributed by atoms with van der Waals surface area (Å²) in [6.45, 7) is -0.736. The van der Waals surface area contributed by atoms with Crippen molar-refractivity contribution in [2.45, 2.75) is 6.04 Å². The van der Waals surface area contributed by atoms with Gasteiger partial charge in [-0.15, -0.1) is 0 Å². The quantitative estimate of drug-likeness (QED) is 0.783. The van der Waals surface area contributed by atoms with Gasteiger partial charge in [0.25, 0.3) is 0 Å². The van der Waals surface area contributed by atoms with E-state index in [0.717, 1.165) is 0 Å². The molecule has 0 amide bonds. The van der Waals surface area contributed by atoms with E-state index in [-0.39, 0.29) is 5.75 Å². The van der Waals surface area contributed by atoms with E-state index in [1.165, 1.54) is 19.2 Å². The Morgan fingerprint density at radius 1 is 1.54 bits per heavy atom. The first-order chi connectivity index (χ1) is 6.20. The van der Waals surface area contributed by atoms with Gasteiger partial charge in [-0.3, -0.25) is 0 Å². The molecular formula is C9H11F2NO. The fraction of sp³-hybridized carbons (Fsp3) is 0.333. The zero-order chi connectivity index (χ0) is 9.84. The number of hydrogen-bond donors (Lipinski definition) is 1. The van der Waals surface area contributed by atoms with Gasteiger partial charge in [-0.2, -0.15) is 0 Å². The first kappa shape index (κ1) is 9.92. The van der Waals surface area contributed by atoms with Crippen LogP contribution in [0.2, 0.25) is 0 Å². The molecule has 0 aliphatic carbocycles. The van der Waals surface area contributed by atoms with Gasteiger partial charge in [0, 0.05) is 5.56 Å². The van der Waals surface area contributed by atoms with Gasteiger partial charge < -0.3 is 10.5 Å². The molecule has 0 saturated carbocycles. The molecule has 0 heterocycles. The van der Waals surface area contributed by atoms with Crippen molar-refractivity contribution in [3.05, 3.63) is 29.6 Å². The molecule has 1 atom stereocenters. The van der Waals surface area contributed by atoms with E-state index in [9.17, 15) is 8.78 Å². The second kappa shape index (κ2) is 4.18. The van der Waals surface area contributed by atoms with E-state index in [1.54, 1.807) is 6.07 Å². The molecule has 1 aromatic rings. The van der Waals surface area contributed by atoms with Gasteiger partial charge in [-0.25, -0.2) is 8.78 Å². The summed E-state index contributed by atoms with van der Waals surface area (Å²) in [5.74, 6) is -0.503. The third-order valence-corrected chi connectivity index (χ3v) is 1.77. The molecule has 72 valence electrons. The number of benzene rings is 1. The minimum atomic E-state index is -0.828. The number of halogens is 2. The van der Waals surface area contributed by atoms with Crippen molar-refractivity contribution in [1.29, 1.82) is 0 Å². The molecular weight excluding hydrogens is 176 g/mol. The van der Waals surface area contributed by atoms with Crippen molar-refractivity contribution in [1.82, 2.24) is 0 Å². The first-order valence-electron chi connectivity index (χ1n) is 3.84. The average molecular weight is 187 g/mol. The van der Waals surface area contributed by atoms with Gasteiger partial charge in [-0.05, 0) is 6.07 Å². The molecule has 0 saturated heterocycles. The predicted octanol–water partition coefficient (Wildman–Crippen LogP) is 1.80. The summed E-state index contributed by atoms with van der Waals surface area (Å²) in [7, 11) is 1.33. The Bertz CT molecular complexity index is 291. The lowest BCUT2D eigenvalue weighted by Gasteiger charge is -2.12. The van der Waals surface area contributed by atoms with Crippen molar-refractivity contribution < 1.29 is 13.5 Å². The Morgan fingerprint density at radius 2 is 2.23 bits per heavy atom. The Balaban J connectivity index is 3.12. The highest BCUT2D eigenvalue weighted by atomic mass is 19.1. The van der Waals surface area contributed by atoms with Crippen molar-refractivity contribution in [2.75, 3.05) is 13.8 Å². The molecule has 13 heavy (non-hydrogen) atoms. The molecule has 0 aliphatic rings. The van der Waals surface area contributed by atoms with Crippen LogP contribution in [0.5, 0.6) is 5.75 Å². The maximum absolute atomic E-state index is 13.0. The van der Waals surface area contributed by atoms with Crippen molar-refractivity contribution in [2.24, 2.45) is 5.73 Å². The number of nitrogens with two attached hydrogens (primary N) is 1. The van der Waals surface area contributed by atoms with Gasteiger partial charge in [0.15, 0.2) is 11.6 Å². The van der Waals surface area contributed by atoms with Crippen LogP contribution in [0.3, 0.4) is 0 Å². The van der Waals surface area contributed by atoms with Crippen LogP contribution >= 0.6 is 0 Å². The second-order valence-electron chi connectivity index (χ2n) is 2.62. The van der Waals surface area contributed by atoms with Gasteiger partial charge >= 0.3 is 0 Å². The Hall–Kier alpha value is -1.16. The lowest BCUT2D eigenvalue weighted by atomic mass is 10.1. The molecule has 0 spiro atoms. The standard InChI is InChI=1S/C9H11F2NO/c1-13-9-6(8(12)5-10)3-2-4-7(9)11/h2-4,8H,5,12H2,1H3. The summed E-state index contributed by atoms with van der Waals surface area (Å²) < 4.78 is 30.0. The molecule has 2 nitrogen and oxygen atoms in total. The van der Waals surface area contributed by atoms with Gasteiger partial charge in [-0.1, -0.05) is 12.1 Å². The highest BCUT2D eigenvalue weighted by Crippen LogP contribution is 2.26. The van der Waals surface area contributed by atoms with Crippen LogP contribution in [0.15, 0.2) is 18.2 Å². The van der Waals surface area contributed by atoms with Gasteiger partial charge in [0.05, 0.1) is 13.2 Å². The summed E-state index contributed by atoms with van der Waals surface area (Å²) in [4.78, 5) is 0. The largest absolute Gasteiger partial charge is 0.493 e.